The molecule has 1 aliphatic heterocycles. The molecule has 0 aromatic heterocycles. The number of hydrogen-bond donors (Lipinski definition) is 1. The molecule has 0 radical (unpaired) electrons. The van der Waals surface area contributed by atoms with E-state index in [1.807, 2.05) is 0 Å². The summed E-state index contributed by atoms with van der Waals surface area (Å²) in [5.74, 6) is -0.271. The lowest BCUT2D eigenvalue weighted by Gasteiger charge is -2.27. The van der Waals surface area contributed by atoms with E-state index in [0.717, 1.165) is 12.1 Å². The van der Waals surface area contributed by atoms with E-state index in [2.05, 4.69) is 10.1 Å². The zero-order valence-corrected chi connectivity index (χ0v) is 11.6. The Morgan fingerprint density at radius 2 is 2.14 bits per heavy atom. The molecule has 2 rings (SSSR count). The molecule has 0 bridgehead atoms. The van der Waals surface area contributed by atoms with Crippen LogP contribution in [0.25, 0.3) is 0 Å². The third-order valence-electron chi connectivity index (χ3n) is 2.60. The molecule has 0 unspecified atom stereocenters. The zero-order chi connectivity index (χ0) is 16.2. The number of hydrogen-bond acceptors (Lipinski definition) is 5. The second-order valence-electron chi connectivity index (χ2n) is 4.33. The number of benzene rings is 1. The van der Waals surface area contributed by atoms with E-state index in [9.17, 15) is 18.0 Å². The van der Waals surface area contributed by atoms with Crippen LogP contribution >= 0.6 is 0 Å². The molecule has 0 spiro atoms. The predicted molar refractivity (Wildman–Crippen MR) is 69.0 cm³/mol. The molecule has 1 aromatic rings. The Labute approximate surface area is 124 Å². The Bertz CT molecular complexity index is 531. The van der Waals surface area contributed by atoms with Gasteiger partial charge in [0.25, 0.3) is 0 Å². The molecule has 1 heterocycles. The van der Waals surface area contributed by atoms with Crippen LogP contribution in [0.5, 0.6) is 11.5 Å². The van der Waals surface area contributed by atoms with Crippen molar-refractivity contribution in [2.75, 3.05) is 25.1 Å². The molecule has 122 valence electrons. The maximum absolute atomic E-state index is 12.2. The highest BCUT2D eigenvalue weighted by Gasteiger charge is 2.31. The van der Waals surface area contributed by atoms with Crippen molar-refractivity contribution in [1.29, 1.82) is 0 Å². The van der Waals surface area contributed by atoms with Crippen molar-refractivity contribution in [3.8, 4) is 11.5 Å². The first-order valence-electron chi connectivity index (χ1n) is 6.45. The van der Waals surface area contributed by atoms with E-state index in [0.29, 0.717) is 13.2 Å². The highest BCUT2D eigenvalue weighted by molar-refractivity contribution is 5.87. The molecule has 0 saturated carbocycles. The van der Waals surface area contributed by atoms with Gasteiger partial charge in [-0.15, -0.1) is 13.2 Å². The molecule has 1 fully saturated rings. The fourth-order valence-electron chi connectivity index (χ4n) is 1.65. The van der Waals surface area contributed by atoms with Gasteiger partial charge in [0.15, 0.2) is 0 Å². The first-order valence-corrected chi connectivity index (χ1v) is 6.45. The maximum Gasteiger partial charge on any atom is 0.573 e. The Balaban J connectivity index is 2.17. The van der Waals surface area contributed by atoms with Crippen molar-refractivity contribution >= 4 is 11.8 Å². The van der Waals surface area contributed by atoms with Crippen molar-refractivity contribution in [3.05, 3.63) is 18.2 Å². The standard InChI is InChI=1S/C13H14F3NO5/c1-2-20-12(18)17-10-5-8(22-13(14,15)16)3-4-11(10)21-9-6-19-7-9/h3-5,9H,2,6-7H2,1H3,(H,17,18). The summed E-state index contributed by atoms with van der Waals surface area (Å²) in [6.45, 7) is 2.47. The number of nitrogens with one attached hydrogen (secondary N) is 1. The van der Waals surface area contributed by atoms with Gasteiger partial charge in [0, 0.05) is 6.07 Å². The monoisotopic (exact) mass is 321 g/mol. The lowest BCUT2D eigenvalue weighted by atomic mass is 10.2. The van der Waals surface area contributed by atoms with Crippen LogP contribution in [-0.4, -0.2) is 38.4 Å². The van der Waals surface area contributed by atoms with Crippen LogP contribution in [0.3, 0.4) is 0 Å². The van der Waals surface area contributed by atoms with Crippen LogP contribution in [-0.2, 0) is 9.47 Å². The lowest BCUT2D eigenvalue weighted by molar-refractivity contribution is -0.274. The smallest absolute Gasteiger partial charge is 0.483 e. The highest BCUT2D eigenvalue weighted by atomic mass is 19.4. The number of rotatable bonds is 5. The Morgan fingerprint density at radius 1 is 1.41 bits per heavy atom. The van der Waals surface area contributed by atoms with E-state index in [4.69, 9.17) is 14.2 Å². The molecular weight excluding hydrogens is 307 g/mol. The van der Waals surface area contributed by atoms with E-state index in [1.54, 1.807) is 6.92 Å². The lowest BCUT2D eigenvalue weighted by Crippen LogP contribution is -2.38. The van der Waals surface area contributed by atoms with Gasteiger partial charge in [-0.3, -0.25) is 5.32 Å². The molecule has 6 nitrogen and oxygen atoms in total. The minimum atomic E-state index is -4.83. The summed E-state index contributed by atoms with van der Waals surface area (Å²) in [4.78, 5) is 11.5. The first kappa shape index (κ1) is 16.2. The minimum Gasteiger partial charge on any atom is -0.483 e. The molecule has 1 saturated heterocycles. The maximum atomic E-state index is 12.2. The van der Waals surface area contributed by atoms with Gasteiger partial charge in [-0.2, -0.15) is 0 Å². The van der Waals surface area contributed by atoms with Crippen molar-refractivity contribution in [1.82, 2.24) is 0 Å². The van der Waals surface area contributed by atoms with Crippen molar-refractivity contribution in [2.45, 2.75) is 19.4 Å². The van der Waals surface area contributed by atoms with Gasteiger partial charge >= 0.3 is 12.5 Å². The number of amides is 1. The molecule has 1 amide bonds. The highest BCUT2D eigenvalue weighted by Crippen LogP contribution is 2.33. The summed E-state index contributed by atoms with van der Waals surface area (Å²) < 4.78 is 55.7. The topological polar surface area (TPSA) is 66.0 Å². The van der Waals surface area contributed by atoms with Gasteiger partial charge in [-0.25, -0.2) is 4.79 Å². The Kier molecular flexibility index (Phi) is 4.96. The van der Waals surface area contributed by atoms with E-state index >= 15 is 0 Å². The van der Waals surface area contributed by atoms with Crippen molar-refractivity contribution in [2.24, 2.45) is 0 Å². The van der Waals surface area contributed by atoms with Crippen LogP contribution in [0.1, 0.15) is 6.92 Å². The van der Waals surface area contributed by atoms with Gasteiger partial charge in [0.05, 0.1) is 25.5 Å². The zero-order valence-electron chi connectivity index (χ0n) is 11.6. The number of ether oxygens (including phenoxy) is 4. The summed E-state index contributed by atoms with van der Waals surface area (Å²) in [6.07, 6.45) is -5.84. The number of halogens is 3. The summed E-state index contributed by atoms with van der Waals surface area (Å²) in [6, 6.07) is 3.39. The van der Waals surface area contributed by atoms with Crippen LogP contribution in [0.15, 0.2) is 18.2 Å². The normalized spacial score (nSPS) is 14.9. The number of anilines is 1. The molecular formula is C13H14F3NO5. The average molecular weight is 321 g/mol. The fraction of sp³-hybridized carbons (Fsp3) is 0.462. The molecule has 1 N–H and O–H groups in total. The third kappa shape index (κ3) is 4.69. The van der Waals surface area contributed by atoms with Crippen LogP contribution in [0.2, 0.25) is 0 Å². The second-order valence-corrected chi connectivity index (χ2v) is 4.33. The minimum absolute atomic E-state index is 0.0205. The van der Waals surface area contributed by atoms with Crippen molar-refractivity contribution in [3.63, 3.8) is 0 Å². The van der Waals surface area contributed by atoms with Crippen LogP contribution in [0.4, 0.5) is 23.7 Å². The fourth-order valence-corrected chi connectivity index (χ4v) is 1.65. The first-order chi connectivity index (χ1) is 10.4. The Morgan fingerprint density at radius 3 is 2.68 bits per heavy atom. The summed E-state index contributed by atoms with van der Waals surface area (Å²) in [7, 11) is 0. The molecule has 9 heteroatoms. The summed E-state index contributed by atoms with van der Waals surface area (Å²) >= 11 is 0. The van der Waals surface area contributed by atoms with Crippen LogP contribution < -0.4 is 14.8 Å². The van der Waals surface area contributed by atoms with E-state index < -0.39 is 18.2 Å². The summed E-state index contributed by atoms with van der Waals surface area (Å²) in [5.41, 5.74) is 0.0205. The van der Waals surface area contributed by atoms with Gasteiger partial charge in [-0.1, -0.05) is 0 Å². The number of alkyl halides is 3. The molecule has 22 heavy (non-hydrogen) atoms. The van der Waals surface area contributed by atoms with Gasteiger partial charge in [-0.05, 0) is 19.1 Å². The molecule has 0 aliphatic carbocycles. The largest absolute Gasteiger partial charge is 0.573 e. The predicted octanol–water partition coefficient (Wildman–Crippen LogP) is 2.93. The van der Waals surface area contributed by atoms with Crippen molar-refractivity contribution < 1.29 is 36.9 Å². The molecule has 1 aliphatic rings. The van der Waals surface area contributed by atoms with Gasteiger partial charge in [0.2, 0.25) is 0 Å². The molecule has 1 aromatic carbocycles. The second kappa shape index (κ2) is 6.73. The number of carbonyl (C=O) groups is 1. The third-order valence-corrected chi connectivity index (χ3v) is 2.60. The molecule has 0 atom stereocenters. The average Bonchev–Trinajstić information content (AvgIpc) is 2.34. The van der Waals surface area contributed by atoms with Crippen LogP contribution in [0, 0.1) is 0 Å². The Hall–Kier alpha value is -2.16. The SMILES string of the molecule is CCOC(=O)Nc1cc(OC(F)(F)F)ccc1OC1COC1. The van der Waals surface area contributed by atoms with E-state index in [-0.39, 0.29) is 24.1 Å². The summed E-state index contributed by atoms with van der Waals surface area (Å²) in [5, 5.41) is 2.32. The van der Waals surface area contributed by atoms with E-state index in [1.165, 1.54) is 6.07 Å². The van der Waals surface area contributed by atoms with Gasteiger partial charge in [0.1, 0.15) is 17.6 Å². The quantitative estimate of drug-likeness (QED) is 0.903. The van der Waals surface area contributed by atoms with Gasteiger partial charge < -0.3 is 18.9 Å². The number of carbonyl (C=O) groups excluding carboxylic acids is 1.